The molecule has 11 nitrogen and oxygen atoms in total. The van der Waals surface area contributed by atoms with Crippen molar-refractivity contribution in [3.63, 3.8) is 0 Å². The molecule has 2 aliphatic heterocycles. The third-order valence-electron chi connectivity index (χ3n) is 7.49. The molecule has 0 bridgehead atoms. The van der Waals surface area contributed by atoms with Crippen molar-refractivity contribution in [1.82, 2.24) is 4.98 Å². The molecule has 6 rings (SSSR count). The van der Waals surface area contributed by atoms with Gasteiger partial charge in [0.15, 0.2) is 18.1 Å². The molecule has 14 heteroatoms. The average molecular weight is 680 g/mol. The lowest BCUT2D eigenvalue weighted by atomic mass is 9.83. The highest BCUT2D eigenvalue weighted by Gasteiger charge is 2.56. The molecule has 3 amide bonds. The fourth-order valence-electron chi connectivity index (χ4n) is 5.46. The van der Waals surface area contributed by atoms with Crippen LogP contribution in [-0.2, 0) is 19.1 Å². The van der Waals surface area contributed by atoms with Crippen LogP contribution in [0.2, 0.25) is 5.02 Å². The Balaban J connectivity index is 1.27. The van der Waals surface area contributed by atoms with E-state index in [1.54, 1.807) is 49.4 Å². The summed E-state index contributed by atoms with van der Waals surface area (Å²) in [5.74, 6) is -2.64. The Morgan fingerprint density at radius 3 is 2.41 bits per heavy atom. The van der Waals surface area contributed by atoms with Gasteiger partial charge < -0.3 is 24.5 Å². The fourth-order valence-corrected chi connectivity index (χ4v) is 8.10. The minimum Gasteiger partial charge on any atom is -0.493 e. The zero-order chi connectivity index (χ0) is 32.5. The van der Waals surface area contributed by atoms with Gasteiger partial charge in [-0.25, -0.2) is 9.69 Å². The van der Waals surface area contributed by atoms with Crippen LogP contribution in [0.25, 0.3) is 0 Å². The second kappa shape index (κ2) is 13.0. The van der Waals surface area contributed by atoms with E-state index in [2.05, 4.69) is 10.3 Å². The van der Waals surface area contributed by atoms with E-state index in [1.165, 1.54) is 31.4 Å². The Morgan fingerprint density at radius 2 is 1.72 bits per heavy atom. The second-order valence-electron chi connectivity index (χ2n) is 10.3. The first-order valence-corrected chi connectivity index (χ1v) is 16.2. The van der Waals surface area contributed by atoms with Crippen LogP contribution in [0.3, 0.4) is 0 Å². The summed E-state index contributed by atoms with van der Waals surface area (Å²) < 4.78 is 16.4. The number of carbonyl (C=O) groups excluding carboxylic acids is 4. The summed E-state index contributed by atoms with van der Waals surface area (Å²) >= 11 is 8.05. The number of hydrogen-bond donors (Lipinski definition) is 2. The zero-order valence-electron chi connectivity index (χ0n) is 24.4. The van der Waals surface area contributed by atoms with Gasteiger partial charge in [0, 0.05) is 21.5 Å². The molecule has 3 unspecified atom stereocenters. The first kappa shape index (κ1) is 31.4. The molecule has 3 aromatic carbocycles. The van der Waals surface area contributed by atoms with Gasteiger partial charge in [-0.2, -0.15) is 0 Å². The molecular weight excluding hydrogens is 654 g/mol. The van der Waals surface area contributed by atoms with E-state index in [0.717, 1.165) is 28.0 Å². The number of anilines is 2. The lowest BCUT2D eigenvalue weighted by molar-refractivity contribution is -0.122. The predicted octanol–water partition coefficient (Wildman–Crippen LogP) is 5.09. The first-order valence-electron chi connectivity index (χ1n) is 14.1. The number of methoxy groups -OCH3 is 1. The Kier molecular flexibility index (Phi) is 8.89. The van der Waals surface area contributed by atoms with E-state index in [4.69, 9.17) is 25.8 Å². The molecule has 0 aliphatic carbocycles. The number of aromatic amines is 1. The SMILES string of the molecule is CCOC(=O)c1ccc(N2C(=O)C3Sc4[nH]c(=O)sc4C(c4ccc(OCC(=O)Nc5ccc(Cl)cc5)c(OC)c4)C3C2=O)cc1. The molecule has 3 atom stereocenters. The number of halogens is 1. The van der Waals surface area contributed by atoms with Crippen molar-refractivity contribution in [3.8, 4) is 11.5 Å². The monoisotopic (exact) mass is 679 g/mol. The number of benzene rings is 3. The number of H-pyrrole nitrogens is 1. The zero-order valence-corrected chi connectivity index (χ0v) is 26.8. The molecule has 1 aromatic heterocycles. The highest BCUT2D eigenvalue weighted by molar-refractivity contribution is 8.00. The number of fused-ring (bicyclic) bond motifs is 2. The van der Waals surface area contributed by atoms with Crippen LogP contribution in [0.15, 0.2) is 76.6 Å². The van der Waals surface area contributed by atoms with Crippen molar-refractivity contribution >= 4 is 69.8 Å². The number of thioether (sulfide) groups is 1. The second-order valence-corrected chi connectivity index (χ2v) is 12.9. The van der Waals surface area contributed by atoms with Gasteiger partial charge in [-0.05, 0) is 73.2 Å². The molecule has 0 radical (unpaired) electrons. The van der Waals surface area contributed by atoms with Gasteiger partial charge in [0.1, 0.15) is 5.25 Å². The maximum atomic E-state index is 14.0. The summed E-state index contributed by atoms with van der Waals surface area (Å²) in [5.41, 5.74) is 1.81. The standard InChI is InChI=1S/C32H26ClN3O8S2/c1-3-43-31(40)16-4-11-20(12-5-16)36-29(38)25-24(26-28(35-32(41)46-26)45-27(25)30(36)39)17-6-13-21(22(14-17)42-2)44-15-23(37)34-19-9-7-18(33)8-10-19/h4-14,24-25,27H,3,15H2,1-2H3,(H,34,37)(H,35,41). The molecule has 2 aliphatic rings. The van der Waals surface area contributed by atoms with Crippen LogP contribution in [0, 0.1) is 5.92 Å². The van der Waals surface area contributed by atoms with E-state index in [-0.39, 0.29) is 18.1 Å². The molecule has 1 fully saturated rings. The Bertz CT molecular complexity index is 1890. The van der Waals surface area contributed by atoms with Gasteiger partial charge >= 0.3 is 10.8 Å². The number of rotatable bonds is 9. The number of carbonyl (C=O) groups is 4. The lowest BCUT2D eigenvalue weighted by Gasteiger charge is -2.30. The van der Waals surface area contributed by atoms with Crippen LogP contribution in [0.5, 0.6) is 11.5 Å². The Hall–Kier alpha value is -4.59. The number of hydrogen-bond acceptors (Lipinski definition) is 10. The van der Waals surface area contributed by atoms with E-state index < -0.39 is 40.8 Å². The number of ether oxygens (including phenoxy) is 3. The summed E-state index contributed by atoms with van der Waals surface area (Å²) in [5, 5.41) is 2.99. The van der Waals surface area contributed by atoms with Crippen LogP contribution in [0.1, 0.15) is 33.6 Å². The average Bonchev–Trinajstić information content (AvgIpc) is 3.55. The summed E-state index contributed by atoms with van der Waals surface area (Å²) in [6.45, 7) is 1.62. The number of aromatic nitrogens is 1. The summed E-state index contributed by atoms with van der Waals surface area (Å²) in [6.07, 6.45) is 0. The summed E-state index contributed by atoms with van der Waals surface area (Å²) in [6, 6.07) is 17.8. The van der Waals surface area contributed by atoms with Crippen molar-refractivity contribution in [3.05, 3.63) is 97.4 Å². The smallest absolute Gasteiger partial charge is 0.338 e. The molecule has 4 aromatic rings. The van der Waals surface area contributed by atoms with Gasteiger partial charge in [0.2, 0.25) is 11.8 Å². The molecule has 236 valence electrons. The summed E-state index contributed by atoms with van der Waals surface area (Å²) in [4.78, 5) is 69.2. The van der Waals surface area contributed by atoms with Crippen LogP contribution < -0.4 is 24.6 Å². The molecule has 2 N–H and O–H groups in total. The van der Waals surface area contributed by atoms with E-state index in [9.17, 15) is 24.0 Å². The predicted molar refractivity (Wildman–Crippen MR) is 173 cm³/mol. The van der Waals surface area contributed by atoms with Crippen molar-refractivity contribution in [2.24, 2.45) is 5.92 Å². The van der Waals surface area contributed by atoms with Crippen LogP contribution in [0.4, 0.5) is 11.4 Å². The first-order chi connectivity index (χ1) is 22.2. The van der Waals surface area contributed by atoms with Gasteiger partial charge in [-0.3, -0.25) is 19.2 Å². The van der Waals surface area contributed by atoms with E-state index in [1.807, 2.05) is 0 Å². The van der Waals surface area contributed by atoms with Crippen LogP contribution in [-0.4, -0.2) is 54.2 Å². The molecule has 1 saturated heterocycles. The highest BCUT2D eigenvalue weighted by atomic mass is 35.5. The molecule has 3 heterocycles. The number of thiazole rings is 1. The highest BCUT2D eigenvalue weighted by Crippen LogP contribution is 2.53. The maximum absolute atomic E-state index is 14.0. The third kappa shape index (κ3) is 6.00. The van der Waals surface area contributed by atoms with E-state index >= 15 is 0 Å². The Labute approximate surface area is 275 Å². The minimum absolute atomic E-state index is 0.218. The third-order valence-corrected chi connectivity index (χ3v) is 10.1. The topological polar surface area (TPSA) is 144 Å². The van der Waals surface area contributed by atoms with Gasteiger partial charge in [-0.15, -0.1) is 0 Å². The molecule has 0 saturated carbocycles. The van der Waals surface area contributed by atoms with Crippen molar-refractivity contribution in [2.75, 3.05) is 30.5 Å². The number of nitrogens with one attached hydrogen (secondary N) is 2. The number of nitrogens with zero attached hydrogens (tertiary/aromatic N) is 1. The molecular formula is C32H26ClN3O8S2. The number of imide groups is 1. The van der Waals surface area contributed by atoms with Crippen molar-refractivity contribution in [2.45, 2.75) is 23.1 Å². The van der Waals surface area contributed by atoms with Crippen molar-refractivity contribution < 1.29 is 33.4 Å². The largest absolute Gasteiger partial charge is 0.493 e. The normalized spacial score (nSPS) is 18.5. The van der Waals surface area contributed by atoms with Crippen molar-refractivity contribution in [1.29, 1.82) is 0 Å². The maximum Gasteiger partial charge on any atom is 0.338 e. The van der Waals surface area contributed by atoms with Gasteiger partial charge in [-0.1, -0.05) is 40.8 Å². The minimum atomic E-state index is -0.831. The fraction of sp³-hybridized carbons (Fsp3) is 0.219. The lowest BCUT2D eigenvalue weighted by Crippen LogP contribution is -2.32. The molecule has 0 spiro atoms. The van der Waals surface area contributed by atoms with Gasteiger partial charge in [0.05, 0.1) is 35.9 Å². The quantitative estimate of drug-likeness (QED) is 0.183. The van der Waals surface area contributed by atoms with E-state index in [0.29, 0.717) is 48.9 Å². The number of amides is 3. The van der Waals surface area contributed by atoms with Gasteiger partial charge in [0.25, 0.3) is 5.91 Å². The molecule has 46 heavy (non-hydrogen) atoms. The Morgan fingerprint density at radius 1 is 0.978 bits per heavy atom. The summed E-state index contributed by atoms with van der Waals surface area (Å²) in [7, 11) is 1.45. The number of esters is 1. The van der Waals surface area contributed by atoms with Crippen LogP contribution >= 0.6 is 34.7 Å².